The first kappa shape index (κ1) is 19.9. The Morgan fingerprint density at radius 1 is 1.35 bits per heavy atom. The number of rotatable bonds is 6. The van der Waals surface area contributed by atoms with Crippen LogP contribution in [0.2, 0.25) is 0 Å². The monoisotopic (exact) mass is 361 g/mol. The summed E-state index contributed by atoms with van der Waals surface area (Å²) in [4.78, 5) is 12.5. The molecule has 130 valence electrons. The van der Waals surface area contributed by atoms with Gasteiger partial charge in [0.25, 0.3) is 0 Å². The molecule has 0 spiro atoms. The van der Waals surface area contributed by atoms with Crippen molar-refractivity contribution >= 4 is 28.3 Å². The molecule has 1 heterocycles. The van der Waals surface area contributed by atoms with E-state index in [0.717, 1.165) is 0 Å². The second-order valence-corrected chi connectivity index (χ2v) is 7.41. The second kappa shape index (κ2) is 8.63. The van der Waals surface area contributed by atoms with E-state index >= 15 is 0 Å². The number of carbonyl (C=O) groups excluding carboxylic acids is 1. The molecule has 0 bridgehead atoms. The van der Waals surface area contributed by atoms with E-state index in [1.54, 1.807) is 30.3 Å². The van der Waals surface area contributed by atoms with Crippen LogP contribution in [-0.4, -0.2) is 50.9 Å². The van der Waals surface area contributed by atoms with Crippen molar-refractivity contribution in [2.24, 2.45) is 0 Å². The van der Waals surface area contributed by atoms with Gasteiger partial charge in [0.2, 0.25) is 15.9 Å². The molecule has 1 fully saturated rings. The molecular weight excluding hydrogens is 338 g/mol. The van der Waals surface area contributed by atoms with Crippen molar-refractivity contribution in [1.29, 1.82) is 0 Å². The van der Waals surface area contributed by atoms with E-state index in [1.807, 2.05) is 14.0 Å². The zero-order valence-corrected chi connectivity index (χ0v) is 15.0. The fourth-order valence-electron chi connectivity index (χ4n) is 2.49. The Bertz CT molecular complexity index is 610. The lowest BCUT2D eigenvalue weighted by Crippen LogP contribution is -2.48. The topological polar surface area (TPSA) is 78.5 Å². The standard InChI is InChI=1S/C15H23N3O3S.ClH/c1-12(16-2)11-17-15(19)14-9-6-10-18(14)22(20,21)13-7-4-3-5-8-13;/h3-5,7-8,12,14,16H,6,9-11H2,1-2H3,(H,17,19);1H. The predicted octanol–water partition coefficient (Wildman–Crippen LogP) is 0.986. The molecule has 0 saturated carbocycles. The Labute approximate surface area is 144 Å². The molecule has 1 saturated heterocycles. The highest BCUT2D eigenvalue weighted by atomic mass is 35.5. The number of hydrogen-bond donors (Lipinski definition) is 2. The first-order valence-electron chi connectivity index (χ1n) is 7.48. The molecule has 1 aliphatic rings. The molecule has 2 atom stereocenters. The minimum atomic E-state index is -3.62. The average molecular weight is 362 g/mol. The van der Waals surface area contributed by atoms with Crippen LogP contribution < -0.4 is 10.6 Å². The van der Waals surface area contributed by atoms with Crippen molar-refractivity contribution in [2.45, 2.75) is 36.7 Å². The second-order valence-electron chi connectivity index (χ2n) is 5.52. The summed E-state index contributed by atoms with van der Waals surface area (Å²) in [5.74, 6) is -0.223. The van der Waals surface area contributed by atoms with E-state index in [4.69, 9.17) is 0 Å². The molecule has 1 amide bonds. The molecule has 23 heavy (non-hydrogen) atoms. The Kier molecular flexibility index (Phi) is 7.47. The van der Waals surface area contributed by atoms with Crippen LogP contribution in [-0.2, 0) is 14.8 Å². The van der Waals surface area contributed by atoms with E-state index in [1.165, 1.54) is 4.31 Å². The molecule has 6 nitrogen and oxygen atoms in total. The van der Waals surface area contributed by atoms with Crippen molar-refractivity contribution in [3.63, 3.8) is 0 Å². The van der Waals surface area contributed by atoms with Crippen molar-refractivity contribution in [2.75, 3.05) is 20.1 Å². The highest BCUT2D eigenvalue weighted by Crippen LogP contribution is 2.26. The van der Waals surface area contributed by atoms with Crippen LogP contribution in [0, 0.1) is 0 Å². The molecule has 1 aliphatic heterocycles. The lowest BCUT2D eigenvalue weighted by molar-refractivity contribution is -0.124. The van der Waals surface area contributed by atoms with Crippen LogP contribution in [0.1, 0.15) is 19.8 Å². The molecular formula is C15H24ClN3O3S. The average Bonchev–Trinajstić information content (AvgIpc) is 3.03. The third kappa shape index (κ3) is 4.67. The third-order valence-electron chi connectivity index (χ3n) is 3.93. The largest absolute Gasteiger partial charge is 0.353 e. The van der Waals surface area contributed by atoms with Gasteiger partial charge >= 0.3 is 0 Å². The van der Waals surface area contributed by atoms with Gasteiger partial charge in [-0.05, 0) is 38.9 Å². The number of nitrogens with zero attached hydrogens (tertiary/aromatic N) is 1. The summed E-state index contributed by atoms with van der Waals surface area (Å²) in [6.07, 6.45) is 1.26. The molecule has 8 heteroatoms. The minimum absolute atomic E-state index is 0. The number of benzene rings is 1. The zero-order chi connectivity index (χ0) is 16.2. The van der Waals surface area contributed by atoms with Crippen molar-refractivity contribution in [3.05, 3.63) is 30.3 Å². The Morgan fingerprint density at radius 3 is 2.61 bits per heavy atom. The number of hydrogen-bond acceptors (Lipinski definition) is 4. The summed E-state index contributed by atoms with van der Waals surface area (Å²) >= 11 is 0. The molecule has 2 rings (SSSR count). The van der Waals surface area contributed by atoms with E-state index in [9.17, 15) is 13.2 Å². The zero-order valence-electron chi connectivity index (χ0n) is 13.4. The van der Waals surface area contributed by atoms with Gasteiger partial charge in [-0.2, -0.15) is 4.31 Å². The highest BCUT2D eigenvalue weighted by molar-refractivity contribution is 7.89. The molecule has 1 aromatic rings. The van der Waals surface area contributed by atoms with E-state index < -0.39 is 16.1 Å². The van der Waals surface area contributed by atoms with E-state index in [-0.39, 0.29) is 29.3 Å². The predicted molar refractivity (Wildman–Crippen MR) is 92.1 cm³/mol. The van der Waals surface area contributed by atoms with Crippen molar-refractivity contribution < 1.29 is 13.2 Å². The maximum absolute atomic E-state index is 12.7. The maximum atomic E-state index is 12.7. The van der Waals surface area contributed by atoms with Crippen LogP contribution in [0.4, 0.5) is 0 Å². The van der Waals surface area contributed by atoms with Gasteiger partial charge in [0.1, 0.15) is 6.04 Å². The van der Waals surface area contributed by atoms with Gasteiger partial charge in [-0.3, -0.25) is 4.79 Å². The van der Waals surface area contributed by atoms with Crippen LogP contribution in [0.25, 0.3) is 0 Å². The van der Waals surface area contributed by atoms with Gasteiger partial charge in [-0.15, -0.1) is 12.4 Å². The van der Waals surface area contributed by atoms with Gasteiger partial charge in [0, 0.05) is 19.1 Å². The number of nitrogens with one attached hydrogen (secondary N) is 2. The number of halogens is 1. The first-order chi connectivity index (χ1) is 10.5. The summed E-state index contributed by atoms with van der Waals surface area (Å²) in [7, 11) is -1.80. The number of sulfonamides is 1. The summed E-state index contributed by atoms with van der Waals surface area (Å²) < 4.78 is 26.7. The molecule has 1 aromatic carbocycles. The quantitative estimate of drug-likeness (QED) is 0.792. The van der Waals surface area contributed by atoms with Crippen LogP contribution in [0.15, 0.2) is 35.2 Å². The molecule has 2 unspecified atom stereocenters. The van der Waals surface area contributed by atoms with Gasteiger partial charge in [0.15, 0.2) is 0 Å². The van der Waals surface area contributed by atoms with Crippen LogP contribution in [0.5, 0.6) is 0 Å². The Hall–Kier alpha value is -1.15. The fourth-order valence-corrected chi connectivity index (χ4v) is 4.17. The van der Waals surface area contributed by atoms with Gasteiger partial charge in [0.05, 0.1) is 4.90 Å². The van der Waals surface area contributed by atoms with E-state index in [0.29, 0.717) is 25.9 Å². The number of carbonyl (C=O) groups is 1. The minimum Gasteiger partial charge on any atom is -0.353 e. The van der Waals surface area contributed by atoms with Crippen LogP contribution >= 0.6 is 12.4 Å². The smallest absolute Gasteiger partial charge is 0.243 e. The third-order valence-corrected chi connectivity index (χ3v) is 5.85. The summed E-state index contributed by atoms with van der Waals surface area (Å²) in [6, 6.07) is 7.79. The van der Waals surface area contributed by atoms with Crippen LogP contribution in [0.3, 0.4) is 0 Å². The van der Waals surface area contributed by atoms with Gasteiger partial charge in [-0.1, -0.05) is 18.2 Å². The lowest BCUT2D eigenvalue weighted by atomic mass is 10.2. The fraction of sp³-hybridized carbons (Fsp3) is 0.533. The van der Waals surface area contributed by atoms with E-state index in [2.05, 4.69) is 10.6 Å². The maximum Gasteiger partial charge on any atom is 0.243 e. The number of likely N-dealkylation sites (N-methyl/N-ethyl adjacent to an activating group) is 1. The van der Waals surface area contributed by atoms with Crippen molar-refractivity contribution in [1.82, 2.24) is 14.9 Å². The Morgan fingerprint density at radius 2 is 2.00 bits per heavy atom. The highest BCUT2D eigenvalue weighted by Gasteiger charge is 2.39. The molecule has 0 aliphatic carbocycles. The summed E-state index contributed by atoms with van der Waals surface area (Å²) in [5.41, 5.74) is 0. The summed E-state index contributed by atoms with van der Waals surface area (Å²) in [6.45, 7) is 2.81. The van der Waals surface area contributed by atoms with Crippen molar-refractivity contribution in [3.8, 4) is 0 Å². The SMILES string of the molecule is CNC(C)CNC(=O)C1CCCN1S(=O)(=O)c1ccccc1.Cl. The molecule has 2 N–H and O–H groups in total. The molecule has 0 radical (unpaired) electrons. The van der Waals surface area contributed by atoms with Gasteiger partial charge < -0.3 is 10.6 Å². The first-order valence-corrected chi connectivity index (χ1v) is 8.92. The molecule has 0 aromatic heterocycles. The van der Waals surface area contributed by atoms with Gasteiger partial charge in [-0.25, -0.2) is 8.42 Å². The Balaban J connectivity index is 0.00000264. The lowest BCUT2D eigenvalue weighted by Gasteiger charge is -2.24. The normalized spacial score (nSPS) is 19.8. The summed E-state index contributed by atoms with van der Waals surface area (Å²) in [5, 5.41) is 5.85. The number of amides is 1.